The van der Waals surface area contributed by atoms with Crippen LogP contribution in [0.4, 0.5) is 0 Å². The van der Waals surface area contributed by atoms with Gasteiger partial charge in [-0.25, -0.2) is 0 Å². The molecule has 0 bridgehead atoms. The van der Waals surface area contributed by atoms with Crippen molar-refractivity contribution in [3.8, 4) is 0 Å². The molecule has 1 saturated carbocycles. The highest BCUT2D eigenvalue weighted by molar-refractivity contribution is 5.99. The zero-order valence-electron chi connectivity index (χ0n) is 14.3. The maximum atomic E-state index is 12.3. The molecule has 8 heteroatoms. The number of hydrogen-bond acceptors (Lipinski definition) is 6. The highest BCUT2D eigenvalue weighted by atomic mass is 16.6. The number of nitro groups is 1. The number of ether oxygens (including phenoxy) is 2. The molecule has 1 aliphatic carbocycles. The zero-order chi connectivity index (χ0) is 18.0. The van der Waals surface area contributed by atoms with Gasteiger partial charge in [0.1, 0.15) is 5.92 Å². The average Bonchev–Trinajstić information content (AvgIpc) is 3.25. The Balaban J connectivity index is 1.99. The van der Waals surface area contributed by atoms with Crippen LogP contribution in [0.1, 0.15) is 41.1 Å². The minimum Gasteiger partial charge on any atom is -0.457 e. The second-order valence-corrected chi connectivity index (χ2v) is 6.18. The maximum Gasteiger partial charge on any atom is 0.316 e. The van der Waals surface area contributed by atoms with Gasteiger partial charge in [-0.15, -0.1) is 0 Å². The second kappa shape index (κ2) is 7.12. The lowest BCUT2D eigenvalue weighted by atomic mass is 10.1. The number of aromatic nitrogens is 1. The molecule has 1 aromatic rings. The van der Waals surface area contributed by atoms with Crippen LogP contribution in [0.5, 0.6) is 0 Å². The highest BCUT2D eigenvalue weighted by Gasteiger charge is 2.54. The van der Waals surface area contributed by atoms with Crippen LogP contribution in [0.3, 0.4) is 0 Å². The fourth-order valence-electron chi connectivity index (χ4n) is 3.04. The van der Waals surface area contributed by atoms with E-state index < -0.39 is 29.5 Å². The molecule has 1 fully saturated rings. The molecule has 1 aromatic heterocycles. The lowest BCUT2D eigenvalue weighted by molar-refractivity contribution is -0.497. The summed E-state index contributed by atoms with van der Waals surface area (Å²) in [5.41, 5.74) is 2.19. The Morgan fingerprint density at radius 2 is 2.12 bits per heavy atom. The first-order chi connectivity index (χ1) is 11.3. The SMILES string of the molecule is COCC(C)n1c(C)cc(C(=O)COC(=O)C2CC2[N+](=O)[O-])c1C. The Labute approximate surface area is 139 Å². The van der Waals surface area contributed by atoms with Crippen LogP contribution in [0, 0.1) is 29.9 Å². The smallest absolute Gasteiger partial charge is 0.316 e. The molecule has 0 saturated heterocycles. The number of aryl methyl sites for hydroxylation is 1. The molecule has 0 amide bonds. The van der Waals surface area contributed by atoms with Gasteiger partial charge < -0.3 is 14.0 Å². The average molecular weight is 338 g/mol. The Kier molecular flexibility index (Phi) is 5.38. The molecule has 8 nitrogen and oxygen atoms in total. The van der Waals surface area contributed by atoms with E-state index in [1.807, 2.05) is 25.3 Å². The predicted octanol–water partition coefficient (Wildman–Crippen LogP) is 1.70. The van der Waals surface area contributed by atoms with Gasteiger partial charge in [0.2, 0.25) is 11.8 Å². The molecule has 3 unspecified atom stereocenters. The fraction of sp³-hybridized carbons (Fsp3) is 0.625. The summed E-state index contributed by atoms with van der Waals surface area (Å²) in [6.07, 6.45) is 0.184. The van der Waals surface area contributed by atoms with Crippen molar-refractivity contribution in [2.24, 2.45) is 5.92 Å². The van der Waals surface area contributed by atoms with Crippen LogP contribution in [0.25, 0.3) is 0 Å². The van der Waals surface area contributed by atoms with E-state index in [1.165, 1.54) is 0 Å². The molecular weight excluding hydrogens is 316 g/mol. The van der Waals surface area contributed by atoms with E-state index in [2.05, 4.69) is 0 Å². The Bertz CT molecular complexity index is 666. The molecule has 132 valence electrons. The van der Waals surface area contributed by atoms with E-state index in [0.717, 1.165) is 11.4 Å². The zero-order valence-corrected chi connectivity index (χ0v) is 14.3. The summed E-state index contributed by atoms with van der Waals surface area (Å²) >= 11 is 0. The van der Waals surface area contributed by atoms with Gasteiger partial charge in [-0.1, -0.05) is 0 Å². The van der Waals surface area contributed by atoms with Gasteiger partial charge >= 0.3 is 5.97 Å². The number of Topliss-reactive ketones (excluding diaryl/α,β-unsaturated/α-hetero) is 1. The standard InChI is InChI=1S/C16H22N2O6/c1-9-5-12(11(3)17(9)10(2)7-23-4)15(19)8-24-16(20)13-6-14(13)18(21)22/h5,10,13-14H,6-8H2,1-4H3. The number of esters is 1. The van der Waals surface area contributed by atoms with E-state index in [-0.39, 0.29) is 18.2 Å². The third-order valence-electron chi connectivity index (χ3n) is 4.31. The van der Waals surface area contributed by atoms with E-state index >= 15 is 0 Å². The normalized spacial score (nSPS) is 20.5. The van der Waals surface area contributed by atoms with Crippen molar-refractivity contribution in [3.63, 3.8) is 0 Å². The molecule has 0 radical (unpaired) electrons. The van der Waals surface area contributed by atoms with E-state index in [9.17, 15) is 19.7 Å². The molecular formula is C16H22N2O6. The van der Waals surface area contributed by atoms with Crippen LogP contribution in [0.2, 0.25) is 0 Å². The first kappa shape index (κ1) is 18.1. The summed E-state index contributed by atoms with van der Waals surface area (Å²) in [5.74, 6) is -1.71. The third-order valence-corrected chi connectivity index (χ3v) is 4.31. The van der Waals surface area contributed by atoms with Crippen molar-refractivity contribution < 1.29 is 24.0 Å². The van der Waals surface area contributed by atoms with Crippen molar-refractivity contribution in [2.45, 2.75) is 39.3 Å². The minimum atomic E-state index is -0.868. The molecule has 0 spiro atoms. The molecule has 0 N–H and O–H groups in total. The quantitative estimate of drug-likeness (QED) is 0.309. The van der Waals surface area contributed by atoms with Crippen LogP contribution < -0.4 is 0 Å². The summed E-state index contributed by atoms with van der Waals surface area (Å²) in [5, 5.41) is 10.6. The van der Waals surface area contributed by atoms with Gasteiger partial charge in [0.05, 0.1) is 12.6 Å². The minimum absolute atomic E-state index is 0.0754. The molecule has 24 heavy (non-hydrogen) atoms. The Morgan fingerprint density at radius 1 is 1.46 bits per heavy atom. The van der Waals surface area contributed by atoms with E-state index in [1.54, 1.807) is 13.2 Å². The molecule has 1 heterocycles. The fourth-order valence-corrected chi connectivity index (χ4v) is 3.04. The second-order valence-electron chi connectivity index (χ2n) is 6.18. The van der Waals surface area contributed by atoms with E-state index in [4.69, 9.17) is 9.47 Å². The molecule has 0 aromatic carbocycles. The van der Waals surface area contributed by atoms with Crippen molar-refractivity contribution >= 4 is 11.8 Å². The first-order valence-corrected chi connectivity index (χ1v) is 7.78. The maximum absolute atomic E-state index is 12.3. The van der Waals surface area contributed by atoms with Crippen LogP contribution >= 0.6 is 0 Å². The monoisotopic (exact) mass is 338 g/mol. The number of carbonyl (C=O) groups is 2. The topological polar surface area (TPSA) is 101 Å². The van der Waals surface area contributed by atoms with Crippen molar-refractivity contribution in [3.05, 3.63) is 33.1 Å². The van der Waals surface area contributed by atoms with Gasteiger partial charge in [-0.2, -0.15) is 0 Å². The summed E-state index contributed by atoms with van der Waals surface area (Å²) in [6.45, 7) is 5.83. The largest absolute Gasteiger partial charge is 0.457 e. The Morgan fingerprint density at radius 3 is 2.67 bits per heavy atom. The van der Waals surface area contributed by atoms with E-state index in [0.29, 0.717) is 12.2 Å². The molecule has 2 rings (SSSR count). The van der Waals surface area contributed by atoms with Crippen LogP contribution in [-0.2, 0) is 14.3 Å². The number of ketones is 1. The summed E-state index contributed by atoms with van der Waals surface area (Å²) in [4.78, 5) is 34.1. The predicted molar refractivity (Wildman–Crippen MR) is 84.7 cm³/mol. The number of carbonyl (C=O) groups excluding carboxylic acids is 2. The van der Waals surface area contributed by atoms with Gasteiger partial charge in [-0.05, 0) is 26.8 Å². The molecule has 1 aliphatic rings. The van der Waals surface area contributed by atoms with Crippen LogP contribution in [-0.4, -0.2) is 47.6 Å². The Hall–Kier alpha value is -2.22. The van der Waals surface area contributed by atoms with Gasteiger partial charge in [0, 0.05) is 35.4 Å². The van der Waals surface area contributed by atoms with Crippen molar-refractivity contribution in [1.82, 2.24) is 4.57 Å². The lowest BCUT2D eigenvalue weighted by Crippen LogP contribution is -2.19. The van der Waals surface area contributed by atoms with Gasteiger partial charge in [0.15, 0.2) is 6.61 Å². The molecule has 0 aliphatic heterocycles. The number of hydrogen-bond donors (Lipinski definition) is 0. The van der Waals surface area contributed by atoms with Crippen molar-refractivity contribution in [2.75, 3.05) is 20.3 Å². The van der Waals surface area contributed by atoms with Crippen molar-refractivity contribution in [1.29, 1.82) is 0 Å². The highest BCUT2D eigenvalue weighted by Crippen LogP contribution is 2.34. The summed E-state index contributed by atoms with van der Waals surface area (Å²) < 4.78 is 12.1. The summed E-state index contributed by atoms with van der Waals surface area (Å²) in [7, 11) is 1.62. The lowest BCUT2D eigenvalue weighted by Gasteiger charge is -2.17. The van der Waals surface area contributed by atoms with Gasteiger partial charge in [0.25, 0.3) is 0 Å². The number of nitrogens with zero attached hydrogens (tertiary/aromatic N) is 2. The molecule has 3 atom stereocenters. The summed E-state index contributed by atoms with van der Waals surface area (Å²) in [6, 6.07) is 0.966. The number of methoxy groups -OCH3 is 1. The van der Waals surface area contributed by atoms with Gasteiger partial charge in [-0.3, -0.25) is 19.7 Å². The third kappa shape index (κ3) is 3.64. The number of rotatable bonds is 8. The van der Waals surface area contributed by atoms with Crippen LogP contribution in [0.15, 0.2) is 6.07 Å². The first-order valence-electron chi connectivity index (χ1n) is 7.78.